The second-order valence-electron chi connectivity index (χ2n) is 11.4. The predicted octanol–water partition coefficient (Wildman–Crippen LogP) is 3.05. The highest BCUT2D eigenvalue weighted by atomic mass is 16.2. The number of fused-ring (bicyclic) bond motifs is 3. The lowest BCUT2D eigenvalue weighted by Crippen LogP contribution is -2.67. The summed E-state index contributed by atoms with van der Waals surface area (Å²) in [6, 6.07) is 6.81. The van der Waals surface area contributed by atoms with E-state index in [9.17, 15) is 19.2 Å². The van der Waals surface area contributed by atoms with Gasteiger partial charge in [-0.1, -0.05) is 32.9 Å². The summed E-state index contributed by atoms with van der Waals surface area (Å²) >= 11 is 0. The summed E-state index contributed by atoms with van der Waals surface area (Å²) in [5.41, 5.74) is 4.83. The molecule has 2 aliphatic heterocycles. The lowest BCUT2D eigenvalue weighted by Gasteiger charge is -2.50. The van der Waals surface area contributed by atoms with Crippen LogP contribution < -0.4 is 16.1 Å². The quantitative estimate of drug-likeness (QED) is 0.458. The van der Waals surface area contributed by atoms with Gasteiger partial charge in [0, 0.05) is 30.2 Å². The van der Waals surface area contributed by atoms with Crippen molar-refractivity contribution in [2.45, 2.75) is 85.1 Å². The number of rotatable bonds is 9. The number of benzene rings is 1. The maximum absolute atomic E-state index is 13.7. The minimum Gasteiger partial charge on any atom is -0.353 e. The van der Waals surface area contributed by atoms with Crippen LogP contribution >= 0.6 is 0 Å². The second-order valence-corrected chi connectivity index (χ2v) is 11.4. The number of nitrogens with zero attached hydrogens (tertiary/aromatic N) is 3. The number of nitrogens with one attached hydrogen (secondary N) is 3. The van der Waals surface area contributed by atoms with Crippen molar-refractivity contribution in [1.29, 1.82) is 0 Å². The van der Waals surface area contributed by atoms with Crippen LogP contribution in [0.1, 0.15) is 65.4 Å². The number of carbonyl (C=O) groups is 4. The first kappa shape index (κ1) is 27.9. The molecule has 4 rings (SSSR count). The predicted molar refractivity (Wildman–Crippen MR) is 144 cm³/mol. The fraction of sp³-hybridized carbons (Fsp3) is 0.643. The zero-order valence-electron chi connectivity index (χ0n) is 23.2. The van der Waals surface area contributed by atoms with Gasteiger partial charge in [-0.15, -0.1) is 0 Å². The molecule has 10 nitrogen and oxygen atoms in total. The van der Waals surface area contributed by atoms with E-state index in [4.69, 9.17) is 0 Å². The molecule has 208 valence electrons. The molecular formula is C28H42N6O4. The number of anilines is 1. The van der Waals surface area contributed by atoms with Gasteiger partial charge in [0.05, 0.1) is 5.92 Å². The smallest absolute Gasteiger partial charge is 0.337 e. The summed E-state index contributed by atoms with van der Waals surface area (Å²) in [5.74, 6) is -0.544. The molecule has 1 aromatic rings. The molecule has 5 unspecified atom stereocenters. The van der Waals surface area contributed by atoms with Crippen LogP contribution in [-0.2, 0) is 14.4 Å². The summed E-state index contributed by atoms with van der Waals surface area (Å²) in [7, 11) is 0. The van der Waals surface area contributed by atoms with Crippen LogP contribution in [-0.4, -0.2) is 70.0 Å². The molecule has 3 fully saturated rings. The third-order valence-corrected chi connectivity index (χ3v) is 7.98. The number of amides is 5. The van der Waals surface area contributed by atoms with E-state index < -0.39 is 12.3 Å². The van der Waals surface area contributed by atoms with Gasteiger partial charge in [-0.3, -0.25) is 19.3 Å². The number of carbonyl (C=O) groups excluding carboxylic acids is 4. The standard InChI is InChI=1S/C28H42N6O4/c1-6-19(5)29-25(36)20-10-11-22-23(15-20)34-27(32(26(22)37)13-12-17(2)3)31-33(28(34)38)16-24(35)30-21-9-7-8-18(4)14-21/h7-9,14,17,19-20,22-23,27,31H,6,10-13,15-16H2,1-5H3,(H,29,36)(H,30,35). The fourth-order valence-corrected chi connectivity index (χ4v) is 5.63. The average Bonchev–Trinajstić information content (AvgIpc) is 3.18. The minimum atomic E-state index is -0.668. The van der Waals surface area contributed by atoms with E-state index in [1.807, 2.05) is 39.0 Å². The van der Waals surface area contributed by atoms with E-state index in [-0.39, 0.29) is 48.2 Å². The normalized spacial score (nSPS) is 25.8. The van der Waals surface area contributed by atoms with Crippen molar-refractivity contribution < 1.29 is 19.2 Å². The molecule has 0 spiro atoms. The van der Waals surface area contributed by atoms with E-state index in [0.29, 0.717) is 37.4 Å². The highest BCUT2D eigenvalue weighted by Gasteiger charge is 2.56. The Kier molecular flexibility index (Phi) is 8.60. The number of urea groups is 1. The molecule has 2 saturated heterocycles. The zero-order valence-corrected chi connectivity index (χ0v) is 23.2. The van der Waals surface area contributed by atoms with Crippen LogP contribution in [0, 0.1) is 24.7 Å². The Hall–Kier alpha value is -3.14. The summed E-state index contributed by atoms with van der Waals surface area (Å²) < 4.78 is 0. The van der Waals surface area contributed by atoms with E-state index in [1.54, 1.807) is 15.9 Å². The minimum absolute atomic E-state index is 0.0157. The number of hydrogen-bond acceptors (Lipinski definition) is 5. The Bertz CT molecular complexity index is 1060. The first-order chi connectivity index (χ1) is 18.1. The van der Waals surface area contributed by atoms with Gasteiger partial charge in [0.1, 0.15) is 6.54 Å². The van der Waals surface area contributed by atoms with Gasteiger partial charge in [0.2, 0.25) is 17.7 Å². The third kappa shape index (κ3) is 5.95. The number of hydrogen-bond donors (Lipinski definition) is 3. The maximum Gasteiger partial charge on any atom is 0.337 e. The molecule has 3 N–H and O–H groups in total. The van der Waals surface area contributed by atoms with Crippen molar-refractivity contribution in [3.63, 3.8) is 0 Å². The molecule has 0 radical (unpaired) electrons. The Morgan fingerprint density at radius 3 is 2.61 bits per heavy atom. The molecule has 1 aliphatic carbocycles. The molecular weight excluding hydrogens is 484 g/mol. The fourth-order valence-electron chi connectivity index (χ4n) is 5.63. The van der Waals surface area contributed by atoms with E-state index in [2.05, 4.69) is 29.9 Å². The van der Waals surface area contributed by atoms with Crippen LogP contribution in [0.4, 0.5) is 10.5 Å². The lowest BCUT2D eigenvalue weighted by molar-refractivity contribution is -0.159. The molecule has 2 heterocycles. The first-order valence-electron chi connectivity index (χ1n) is 13.9. The summed E-state index contributed by atoms with van der Waals surface area (Å²) in [4.78, 5) is 56.6. The monoisotopic (exact) mass is 526 g/mol. The van der Waals surface area contributed by atoms with Gasteiger partial charge >= 0.3 is 6.03 Å². The largest absolute Gasteiger partial charge is 0.353 e. The van der Waals surface area contributed by atoms with Crippen molar-refractivity contribution in [3.8, 4) is 0 Å². The molecule has 10 heteroatoms. The molecule has 1 saturated carbocycles. The first-order valence-corrected chi connectivity index (χ1v) is 13.9. The summed E-state index contributed by atoms with van der Waals surface area (Å²) in [5, 5.41) is 7.21. The molecule has 38 heavy (non-hydrogen) atoms. The zero-order chi connectivity index (χ0) is 27.6. The highest BCUT2D eigenvalue weighted by Crippen LogP contribution is 2.40. The molecule has 5 amide bonds. The van der Waals surface area contributed by atoms with E-state index in [1.165, 1.54) is 5.01 Å². The van der Waals surface area contributed by atoms with E-state index >= 15 is 0 Å². The maximum atomic E-state index is 13.7. The average molecular weight is 527 g/mol. The van der Waals surface area contributed by atoms with Crippen LogP contribution in [0.3, 0.4) is 0 Å². The lowest BCUT2D eigenvalue weighted by atomic mass is 9.75. The topological polar surface area (TPSA) is 114 Å². The van der Waals surface area contributed by atoms with Crippen LogP contribution in [0.15, 0.2) is 24.3 Å². The van der Waals surface area contributed by atoms with Crippen molar-refractivity contribution in [2.24, 2.45) is 17.8 Å². The number of hydrazine groups is 1. The molecule has 0 bridgehead atoms. The molecule has 3 aliphatic rings. The van der Waals surface area contributed by atoms with Crippen LogP contribution in [0.2, 0.25) is 0 Å². The Morgan fingerprint density at radius 2 is 1.92 bits per heavy atom. The van der Waals surface area contributed by atoms with Gasteiger partial charge < -0.3 is 15.5 Å². The van der Waals surface area contributed by atoms with Crippen LogP contribution in [0.5, 0.6) is 0 Å². The Morgan fingerprint density at radius 1 is 1.16 bits per heavy atom. The van der Waals surface area contributed by atoms with Gasteiger partial charge in [-0.2, -0.15) is 5.43 Å². The van der Waals surface area contributed by atoms with Crippen molar-refractivity contribution in [1.82, 2.24) is 25.6 Å². The number of aryl methyl sites for hydroxylation is 1. The van der Waals surface area contributed by atoms with Crippen molar-refractivity contribution >= 4 is 29.4 Å². The van der Waals surface area contributed by atoms with Gasteiger partial charge in [-0.05, 0) is 69.6 Å². The second kappa shape index (κ2) is 11.7. The van der Waals surface area contributed by atoms with Gasteiger partial charge in [0.25, 0.3) is 0 Å². The third-order valence-electron chi connectivity index (χ3n) is 7.98. The van der Waals surface area contributed by atoms with Gasteiger partial charge in [0.15, 0.2) is 6.29 Å². The summed E-state index contributed by atoms with van der Waals surface area (Å²) in [6.45, 7) is 10.5. The molecule has 0 aromatic heterocycles. The van der Waals surface area contributed by atoms with Crippen molar-refractivity contribution in [2.75, 3.05) is 18.4 Å². The summed E-state index contributed by atoms with van der Waals surface area (Å²) in [6.07, 6.45) is 2.59. The van der Waals surface area contributed by atoms with Crippen molar-refractivity contribution in [3.05, 3.63) is 29.8 Å². The molecule has 5 atom stereocenters. The Balaban J connectivity index is 1.53. The van der Waals surface area contributed by atoms with Crippen LogP contribution in [0.25, 0.3) is 0 Å². The SMILES string of the molecule is CCC(C)NC(=O)C1CCC2C(=O)N(CCC(C)C)C3NN(CC(=O)Nc4cccc(C)c4)C(=O)N3C2C1. The van der Waals surface area contributed by atoms with Gasteiger partial charge in [-0.25, -0.2) is 9.80 Å². The highest BCUT2D eigenvalue weighted by molar-refractivity contribution is 5.95. The molecule has 1 aromatic carbocycles. The van der Waals surface area contributed by atoms with E-state index in [0.717, 1.165) is 18.4 Å². The Labute approximate surface area is 225 Å².